The summed E-state index contributed by atoms with van der Waals surface area (Å²) < 4.78 is 0. The Morgan fingerprint density at radius 2 is 2.07 bits per heavy atom. The molecule has 0 aliphatic heterocycles. The van der Waals surface area contributed by atoms with Crippen molar-refractivity contribution >= 4 is 0 Å². The molecule has 2 rings (SSSR count). The summed E-state index contributed by atoms with van der Waals surface area (Å²) in [5.74, 6) is 0. The highest BCUT2D eigenvalue weighted by Crippen LogP contribution is 2.33. The van der Waals surface area contributed by atoms with Crippen molar-refractivity contribution in [2.24, 2.45) is 0 Å². The third-order valence-electron chi connectivity index (χ3n) is 2.91. The van der Waals surface area contributed by atoms with Crippen molar-refractivity contribution in [3.05, 3.63) is 30.1 Å². The Morgan fingerprint density at radius 1 is 1.33 bits per heavy atom. The SMILES string of the molecule is CC(C)(C)N(Cc1ccccn1)C1CC1. The van der Waals surface area contributed by atoms with E-state index in [0.29, 0.717) is 0 Å². The molecular formula is C13H20N2. The second-order valence-corrected chi connectivity index (χ2v) is 5.35. The summed E-state index contributed by atoms with van der Waals surface area (Å²) in [7, 11) is 0. The van der Waals surface area contributed by atoms with Crippen LogP contribution in [-0.2, 0) is 6.54 Å². The second-order valence-electron chi connectivity index (χ2n) is 5.35. The molecule has 0 saturated heterocycles. The highest BCUT2D eigenvalue weighted by molar-refractivity contribution is 5.05. The predicted octanol–water partition coefficient (Wildman–Crippen LogP) is 2.84. The average molecular weight is 204 g/mol. The van der Waals surface area contributed by atoms with Gasteiger partial charge in [0.2, 0.25) is 0 Å². The molecule has 2 heteroatoms. The highest BCUT2D eigenvalue weighted by Gasteiger charge is 2.35. The van der Waals surface area contributed by atoms with Crippen LogP contribution in [0, 0.1) is 0 Å². The van der Waals surface area contributed by atoms with E-state index < -0.39 is 0 Å². The first-order valence-corrected chi connectivity index (χ1v) is 5.74. The molecule has 0 bridgehead atoms. The van der Waals surface area contributed by atoms with Gasteiger partial charge in [-0.25, -0.2) is 0 Å². The van der Waals surface area contributed by atoms with E-state index in [-0.39, 0.29) is 5.54 Å². The zero-order valence-corrected chi connectivity index (χ0v) is 9.90. The summed E-state index contributed by atoms with van der Waals surface area (Å²) in [6.07, 6.45) is 4.58. The molecule has 0 atom stereocenters. The van der Waals surface area contributed by atoms with Gasteiger partial charge in [0.1, 0.15) is 0 Å². The number of hydrogen-bond donors (Lipinski definition) is 0. The summed E-state index contributed by atoms with van der Waals surface area (Å²) in [5, 5.41) is 0. The Kier molecular flexibility index (Phi) is 2.79. The van der Waals surface area contributed by atoms with Crippen molar-refractivity contribution in [2.45, 2.75) is 51.7 Å². The first kappa shape index (κ1) is 10.6. The zero-order valence-electron chi connectivity index (χ0n) is 9.90. The van der Waals surface area contributed by atoms with E-state index in [1.54, 1.807) is 0 Å². The first-order chi connectivity index (χ1) is 7.07. The van der Waals surface area contributed by atoms with Crippen LogP contribution < -0.4 is 0 Å². The van der Waals surface area contributed by atoms with E-state index in [0.717, 1.165) is 12.6 Å². The Morgan fingerprint density at radius 3 is 2.53 bits per heavy atom. The average Bonchev–Trinajstić information content (AvgIpc) is 2.97. The van der Waals surface area contributed by atoms with Gasteiger partial charge < -0.3 is 0 Å². The van der Waals surface area contributed by atoms with Gasteiger partial charge in [-0.2, -0.15) is 0 Å². The predicted molar refractivity (Wildman–Crippen MR) is 62.6 cm³/mol. The maximum absolute atomic E-state index is 4.40. The van der Waals surface area contributed by atoms with Gasteiger partial charge in [-0.3, -0.25) is 9.88 Å². The molecule has 1 aliphatic carbocycles. The quantitative estimate of drug-likeness (QED) is 0.752. The normalized spacial score (nSPS) is 17.1. The summed E-state index contributed by atoms with van der Waals surface area (Å²) in [4.78, 5) is 6.97. The van der Waals surface area contributed by atoms with Crippen molar-refractivity contribution < 1.29 is 0 Å². The number of rotatable bonds is 3. The van der Waals surface area contributed by atoms with Gasteiger partial charge in [-0.15, -0.1) is 0 Å². The van der Waals surface area contributed by atoms with Gasteiger partial charge in [0, 0.05) is 24.3 Å². The van der Waals surface area contributed by atoms with Gasteiger partial charge in [0.25, 0.3) is 0 Å². The molecule has 0 N–H and O–H groups in total. The van der Waals surface area contributed by atoms with Crippen molar-refractivity contribution in [3.8, 4) is 0 Å². The molecule has 1 heterocycles. The third-order valence-corrected chi connectivity index (χ3v) is 2.91. The molecule has 2 nitrogen and oxygen atoms in total. The molecule has 0 radical (unpaired) electrons. The van der Waals surface area contributed by atoms with Crippen molar-refractivity contribution in [2.75, 3.05) is 0 Å². The van der Waals surface area contributed by atoms with E-state index in [9.17, 15) is 0 Å². The van der Waals surface area contributed by atoms with Gasteiger partial charge in [-0.1, -0.05) is 6.07 Å². The molecule has 1 aromatic rings. The minimum atomic E-state index is 0.249. The van der Waals surface area contributed by atoms with E-state index in [4.69, 9.17) is 0 Å². The van der Waals surface area contributed by atoms with E-state index >= 15 is 0 Å². The fraction of sp³-hybridized carbons (Fsp3) is 0.615. The van der Waals surface area contributed by atoms with Crippen molar-refractivity contribution in [3.63, 3.8) is 0 Å². The van der Waals surface area contributed by atoms with Crippen molar-refractivity contribution in [1.82, 2.24) is 9.88 Å². The minimum Gasteiger partial charge on any atom is -0.290 e. The lowest BCUT2D eigenvalue weighted by molar-refractivity contribution is 0.116. The molecular weight excluding hydrogens is 184 g/mol. The van der Waals surface area contributed by atoms with E-state index in [1.807, 2.05) is 12.3 Å². The molecule has 15 heavy (non-hydrogen) atoms. The van der Waals surface area contributed by atoms with Crippen LogP contribution in [0.4, 0.5) is 0 Å². The smallest absolute Gasteiger partial charge is 0.0544 e. The van der Waals surface area contributed by atoms with Gasteiger partial charge in [0.15, 0.2) is 0 Å². The number of aromatic nitrogens is 1. The Hall–Kier alpha value is -0.890. The van der Waals surface area contributed by atoms with E-state index in [2.05, 4.69) is 42.8 Å². The Bertz CT molecular complexity index is 309. The molecule has 82 valence electrons. The van der Waals surface area contributed by atoms with Crippen molar-refractivity contribution in [1.29, 1.82) is 0 Å². The Balaban J connectivity index is 2.07. The van der Waals surface area contributed by atoms with Crippen LogP contribution in [0.1, 0.15) is 39.3 Å². The Labute approximate surface area is 92.3 Å². The molecule has 1 saturated carbocycles. The third kappa shape index (κ3) is 2.78. The maximum atomic E-state index is 4.40. The lowest BCUT2D eigenvalue weighted by Gasteiger charge is -2.35. The number of nitrogens with zero attached hydrogens (tertiary/aromatic N) is 2. The highest BCUT2D eigenvalue weighted by atomic mass is 15.2. The number of hydrogen-bond acceptors (Lipinski definition) is 2. The molecule has 0 unspecified atom stereocenters. The zero-order chi connectivity index (χ0) is 10.9. The maximum Gasteiger partial charge on any atom is 0.0544 e. The molecule has 0 amide bonds. The number of pyridine rings is 1. The van der Waals surface area contributed by atoms with Crippen LogP contribution in [0.3, 0.4) is 0 Å². The summed E-state index contributed by atoms with van der Waals surface area (Å²) in [6.45, 7) is 7.84. The molecule has 1 aromatic heterocycles. The van der Waals surface area contributed by atoms with Crippen LogP contribution in [0.15, 0.2) is 24.4 Å². The summed E-state index contributed by atoms with van der Waals surface area (Å²) >= 11 is 0. The fourth-order valence-corrected chi connectivity index (χ4v) is 1.97. The monoisotopic (exact) mass is 204 g/mol. The summed E-state index contributed by atoms with van der Waals surface area (Å²) in [5.41, 5.74) is 1.43. The lowest BCUT2D eigenvalue weighted by Crippen LogP contribution is -2.42. The molecule has 0 aromatic carbocycles. The van der Waals surface area contributed by atoms with Crippen LogP contribution in [0.2, 0.25) is 0 Å². The minimum absolute atomic E-state index is 0.249. The van der Waals surface area contributed by atoms with Crippen LogP contribution in [0.5, 0.6) is 0 Å². The largest absolute Gasteiger partial charge is 0.290 e. The van der Waals surface area contributed by atoms with Gasteiger partial charge in [0.05, 0.1) is 5.69 Å². The standard InChI is InChI=1S/C13H20N2/c1-13(2,3)15(12-7-8-12)10-11-6-4-5-9-14-11/h4-6,9,12H,7-8,10H2,1-3H3. The molecule has 1 fully saturated rings. The second kappa shape index (κ2) is 3.93. The molecule has 1 aliphatic rings. The lowest BCUT2D eigenvalue weighted by atomic mass is 10.1. The summed E-state index contributed by atoms with van der Waals surface area (Å²) in [6, 6.07) is 6.94. The first-order valence-electron chi connectivity index (χ1n) is 5.74. The van der Waals surface area contributed by atoms with Crippen LogP contribution >= 0.6 is 0 Å². The van der Waals surface area contributed by atoms with Crippen LogP contribution in [-0.4, -0.2) is 21.5 Å². The topological polar surface area (TPSA) is 16.1 Å². The fourth-order valence-electron chi connectivity index (χ4n) is 1.97. The van der Waals surface area contributed by atoms with Gasteiger partial charge >= 0.3 is 0 Å². The van der Waals surface area contributed by atoms with E-state index in [1.165, 1.54) is 18.5 Å². The van der Waals surface area contributed by atoms with Gasteiger partial charge in [-0.05, 0) is 45.7 Å². The molecule has 0 spiro atoms. The van der Waals surface area contributed by atoms with Crippen LogP contribution in [0.25, 0.3) is 0 Å².